The van der Waals surface area contributed by atoms with E-state index in [1.54, 1.807) is 36.5 Å². The predicted octanol–water partition coefficient (Wildman–Crippen LogP) is 6.77. The molecule has 1 heterocycles. The molecule has 2 aromatic carbocycles. The molecule has 2 N–H and O–H groups in total. The van der Waals surface area contributed by atoms with Crippen molar-refractivity contribution in [3.63, 3.8) is 0 Å². The largest absolute Gasteiger partial charge is 0.461 e. The van der Waals surface area contributed by atoms with Gasteiger partial charge in [-0.15, -0.1) is 0 Å². The van der Waals surface area contributed by atoms with Crippen LogP contribution < -0.4 is 15.4 Å². The number of rotatable bonds is 9. The van der Waals surface area contributed by atoms with E-state index in [2.05, 4.69) is 15.0 Å². The minimum absolute atomic E-state index is 0.0909. The number of hydrogen-bond donors (Lipinski definition) is 2. The number of alkyl halides is 7. The Hall–Kier alpha value is -3.61. The van der Waals surface area contributed by atoms with E-state index in [0.29, 0.717) is 11.6 Å². The Morgan fingerprint density at radius 1 is 1.03 bits per heavy atom. The van der Waals surface area contributed by atoms with E-state index in [9.17, 15) is 39.9 Å². The third-order valence-electron chi connectivity index (χ3n) is 5.40. The number of pyridine rings is 1. The summed E-state index contributed by atoms with van der Waals surface area (Å²) in [7, 11) is 0. The molecule has 2 amide bonds. The average molecular weight is 582 g/mol. The summed E-state index contributed by atoms with van der Waals surface area (Å²) in [5.41, 5.74) is -1.18. The molecule has 3 aromatic rings. The number of benzene rings is 2. The molecule has 3 rings (SSSR count). The molecule has 0 aliphatic heterocycles. The summed E-state index contributed by atoms with van der Waals surface area (Å²) in [6, 6.07) is 9.76. The van der Waals surface area contributed by atoms with Gasteiger partial charge in [0, 0.05) is 18.7 Å². The van der Waals surface area contributed by atoms with Crippen LogP contribution in [0.5, 0.6) is 5.75 Å². The number of aryl methyl sites for hydroxylation is 1. The quantitative estimate of drug-likeness (QED) is 0.274. The Morgan fingerprint density at radius 3 is 2.26 bits per heavy atom. The van der Waals surface area contributed by atoms with E-state index in [4.69, 9.17) is 11.6 Å². The number of hydrogen-bond acceptors (Lipinski definition) is 3. The van der Waals surface area contributed by atoms with E-state index >= 15 is 0 Å². The van der Waals surface area contributed by atoms with Gasteiger partial charge >= 0.3 is 24.7 Å². The number of carbonyl (C=O) groups is 1. The first-order valence-corrected chi connectivity index (χ1v) is 11.4. The van der Waals surface area contributed by atoms with Crippen LogP contribution in [-0.4, -0.2) is 36.3 Å². The summed E-state index contributed by atoms with van der Waals surface area (Å²) in [6.45, 7) is 0.0472. The van der Waals surface area contributed by atoms with Crippen molar-refractivity contribution in [3.8, 4) is 5.75 Å². The molecule has 0 unspecified atom stereocenters. The molecule has 14 heteroatoms. The number of nitrogens with zero attached hydrogens (tertiary/aromatic N) is 1. The smallest absolute Gasteiger partial charge is 0.428 e. The fourth-order valence-corrected chi connectivity index (χ4v) is 3.76. The standard InChI is InChI=1S/C25H20ClF8N3O2/c1-14-2-4-15(5-3-14)11-23(20-7-6-17(26)12-35-20,37-22(38)36-13-24(30,31)32)16-8-18(27)10-19(9-16)39-25(33,34)21(28)29/h2-10,12,21H,11,13H2,1H3,(H2,36,37,38)/t23-/m0/s1. The van der Waals surface area contributed by atoms with Crippen LogP contribution in [0.15, 0.2) is 60.8 Å². The third kappa shape index (κ3) is 7.94. The topological polar surface area (TPSA) is 63.2 Å². The van der Waals surface area contributed by atoms with E-state index in [1.165, 1.54) is 12.1 Å². The highest BCUT2D eigenvalue weighted by molar-refractivity contribution is 6.30. The number of urea groups is 1. The van der Waals surface area contributed by atoms with Gasteiger partial charge in [0.2, 0.25) is 0 Å². The molecule has 39 heavy (non-hydrogen) atoms. The lowest BCUT2D eigenvalue weighted by Gasteiger charge is -2.36. The first-order valence-electron chi connectivity index (χ1n) is 11.1. The van der Waals surface area contributed by atoms with E-state index in [-0.39, 0.29) is 22.7 Å². The fourth-order valence-electron chi connectivity index (χ4n) is 3.65. The summed E-state index contributed by atoms with van der Waals surface area (Å²) in [4.78, 5) is 16.9. The highest BCUT2D eigenvalue weighted by atomic mass is 35.5. The zero-order valence-electron chi connectivity index (χ0n) is 19.9. The van der Waals surface area contributed by atoms with Gasteiger partial charge in [0.15, 0.2) is 0 Å². The molecular weight excluding hydrogens is 562 g/mol. The molecule has 0 fully saturated rings. The van der Waals surface area contributed by atoms with Crippen LogP contribution in [0, 0.1) is 12.7 Å². The lowest BCUT2D eigenvalue weighted by Crippen LogP contribution is -2.53. The van der Waals surface area contributed by atoms with Crippen molar-refractivity contribution in [3.05, 3.63) is 94.0 Å². The van der Waals surface area contributed by atoms with Gasteiger partial charge in [-0.3, -0.25) is 4.98 Å². The SMILES string of the molecule is Cc1ccc(C[C@](NC(=O)NCC(F)(F)F)(c2cc(F)cc(OC(F)(F)C(F)F)c2)c2ccc(Cl)cn2)cc1. The molecule has 0 aliphatic rings. The van der Waals surface area contributed by atoms with Crippen LogP contribution in [0.2, 0.25) is 5.02 Å². The minimum Gasteiger partial charge on any atom is -0.428 e. The molecule has 0 saturated carbocycles. The zero-order chi connectivity index (χ0) is 29.0. The van der Waals surface area contributed by atoms with Crippen LogP contribution >= 0.6 is 11.6 Å². The van der Waals surface area contributed by atoms with Gasteiger partial charge in [0.25, 0.3) is 0 Å². The number of carbonyl (C=O) groups excluding carboxylic acids is 1. The zero-order valence-corrected chi connectivity index (χ0v) is 20.7. The van der Waals surface area contributed by atoms with Crippen LogP contribution in [0.25, 0.3) is 0 Å². The number of amides is 2. The maximum atomic E-state index is 14.7. The Labute approximate surface area is 222 Å². The van der Waals surface area contributed by atoms with Crippen molar-refractivity contribution in [2.75, 3.05) is 6.54 Å². The number of nitrogens with one attached hydrogen (secondary N) is 2. The van der Waals surface area contributed by atoms with Crippen molar-refractivity contribution in [1.82, 2.24) is 15.6 Å². The van der Waals surface area contributed by atoms with Gasteiger partial charge in [0.05, 0.1) is 10.7 Å². The number of aromatic nitrogens is 1. The van der Waals surface area contributed by atoms with Crippen molar-refractivity contribution in [1.29, 1.82) is 0 Å². The molecule has 1 atom stereocenters. The van der Waals surface area contributed by atoms with Gasteiger partial charge < -0.3 is 15.4 Å². The van der Waals surface area contributed by atoms with Gasteiger partial charge in [-0.2, -0.15) is 30.7 Å². The minimum atomic E-state index is -5.00. The Balaban J connectivity index is 2.23. The Morgan fingerprint density at radius 2 is 1.69 bits per heavy atom. The molecule has 210 valence electrons. The second-order valence-electron chi connectivity index (χ2n) is 8.49. The molecule has 0 radical (unpaired) electrons. The summed E-state index contributed by atoms with van der Waals surface area (Å²) < 4.78 is 110. The predicted molar refractivity (Wildman–Crippen MR) is 125 cm³/mol. The van der Waals surface area contributed by atoms with Crippen molar-refractivity contribution >= 4 is 17.6 Å². The average Bonchev–Trinajstić information content (AvgIpc) is 2.83. The maximum absolute atomic E-state index is 14.7. The molecule has 5 nitrogen and oxygen atoms in total. The second kappa shape index (κ2) is 11.6. The third-order valence-corrected chi connectivity index (χ3v) is 5.63. The number of ether oxygens (including phenoxy) is 1. The highest BCUT2D eigenvalue weighted by Gasteiger charge is 2.45. The molecular formula is C25H20ClF8N3O2. The van der Waals surface area contributed by atoms with Crippen LogP contribution in [0.4, 0.5) is 39.9 Å². The second-order valence-corrected chi connectivity index (χ2v) is 8.93. The van der Waals surface area contributed by atoms with Crippen molar-refractivity contribution < 1.29 is 44.7 Å². The highest BCUT2D eigenvalue weighted by Crippen LogP contribution is 2.37. The molecule has 0 bridgehead atoms. The molecule has 0 aliphatic carbocycles. The Bertz CT molecular complexity index is 1290. The van der Waals surface area contributed by atoms with E-state index in [0.717, 1.165) is 23.9 Å². The van der Waals surface area contributed by atoms with E-state index in [1.807, 2.05) is 0 Å². The fraction of sp³-hybridized carbons (Fsp3) is 0.280. The number of halogens is 9. The van der Waals surface area contributed by atoms with Crippen LogP contribution in [0.3, 0.4) is 0 Å². The van der Waals surface area contributed by atoms with Crippen molar-refractivity contribution in [2.24, 2.45) is 0 Å². The van der Waals surface area contributed by atoms with Gasteiger partial charge in [-0.25, -0.2) is 9.18 Å². The summed E-state index contributed by atoms with van der Waals surface area (Å²) >= 11 is 5.92. The summed E-state index contributed by atoms with van der Waals surface area (Å²) in [6.07, 6.45) is -13.2. The molecule has 0 spiro atoms. The van der Waals surface area contributed by atoms with E-state index < -0.39 is 48.4 Å². The maximum Gasteiger partial charge on any atom is 0.461 e. The Kier molecular flexibility index (Phi) is 8.94. The monoisotopic (exact) mass is 581 g/mol. The van der Waals surface area contributed by atoms with Crippen LogP contribution in [-0.2, 0) is 12.0 Å². The van der Waals surface area contributed by atoms with Gasteiger partial charge in [0.1, 0.15) is 23.7 Å². The molecule has 1 aromatic heterocycles. The van der Waals surface area contributed by atoms with Crippen LogP contribution in [0.1, 0.15) is 22.4 Å². The molecule has 0 saturated heterocycles. The lowest BCUT2D eigenvalue weighted by molar-refractivity contribution is -0.253. The first-order chi connectivity index (χ1) is 18.1. The first kappa shape index (κ1) is 29.9. The van der Waals surface area contributed by atoms with Crippen molar-refractivity contribution in [2.45, 2.75) is 37.6 Å². The summed E-state index contributed by atoms with van der Waals surface area (Å²) in [5, 5.41) is 4.11. The van der Waals surface area contributed by atoms with Gasteiger partial charge in [-0.1, -0.05) is 41.4 Å². The van der Waals surface area contributed by atoms with Gasteiger partial charge in [-0.05, 0) is 42.3 Å². The summed E-state index contributed by atoms with van der Waals surface area (Å²) in [5.74, 6) is -2.26. The lowest BCUT2D eigenvalue weighted by atomic mass is 9.80. The normalized spacial score (nSPS) is 13.6.